The average Bonchev–Trinajstić information content (AvgIpc) is 3.38. The van der Waals surface area contributed by atoms with Crippen LogP contribution in [0.4, 0.5) is 5.69 Å². The molecule has 2 amide bonds. The van der Waals surface area contributed by atoms with Crippen molar-refractivity contribution in [3.8, 4) is 0 Å². The van der Waals surface area contributed by atoms with E-state index in [0.29, 0.717) is 6.54 Å². The summed E-state index contributed by atoms with van der Waals surface area (Å²) in [6.45, 7) is 12.0. The van der Waals surface area contributed by atoms with E-state index in [4.69, 9.17) is 4.74 Å². The van der Waals surface area contributed by atoms with E-state index in [1.165, 1.54) is 4.90 Å². The lowest BCUT2D eigenvalue weighted by molar-refractivity contribution is -0.154. The number of aliphatic hydroxyl groups is 1. The molecule has 34 heavy (non-hydrogen) atoms. The molecule has 3 heterocycles. The number of carbonyl (C=O) groups excluding carboxylic acids is 3. The third kappa shape index (κ3) is 3.57. The van der Waals surface area contributed by atoms with Gasteiger partial charge in [-0.1, -0.05) is 25.1 Å². The highest BCUT2D eigenvalue weighted by Crippen LogP contribution is 2.68. The normalized spacial score (nSPS) is 31.5. The van der Waals surface area contributed by atoms with E-state index in [0.717, 1.165) is 23.2 Å². The van der Waals surface area contributed by atoms with Gasteiger partial charge in [0.05, 0.1) is 29.8 Å². The van der Waals surface area contributed by atoms with E-state index >= 15 is 0 Å². The molecule has 1 aromatic carbocycles. The number of thioether (sulfide) groups is 1. The van der Waals surface area contributed by atoms with Crippen molar-refractivity contribution in [2.75, 3.05) is 31.2 Å². The first-order chi connectivity index (χ1) is 16.2. The van der Waals surface area contributed by atoms with E-state index in [1.807, 2.05) is 32.0 Å². The van der Waals surface area contributed by atoms with Crippen LogP contribution in [0.5, 0.6) is 0 Å². The molecule has 0 saturated carbocycles. The van der Waals surface area contributed by atoms with Gasteiger partial charge in [0.25, 0.3) is 5.91 Å². The van der Waals surface area contributed by atoms with Crippen LogP contribution in [0.1, 0.15) is 31.4 Å². The van der Waals surface area contributed by atoms with E-state index in [2.05, 4.69) is 13.5 Å². The van der Waals surface area contributed by atoms with Crippen LogP contribution >= 0.6 is 11.8 Å². The number of hydrogen-bond donors (Lipinski definition) is 1. The molecular formula is C26H34N2O5S. The number of carbonyl (C=O) groups is 3. The molecule has 184 valence electrons. The van der Waals surface area contributed by atoms with Crippen LogP contribution in [-0.2, 0) is 19.1 Å². The average molecular weight is 487 g/mol. The van der Waals surface area contributed by atoms with E-state index < -0.39 is 22.6 Å². The van der Waals surface area contributed by atoms with Gasteiger partial charge in [0.15, 0.2) is 0 Å². The Morgan fingerprint density at radius 3 is 2.76 bits per heavy atom. The molecule has 4 rings (SSSR count). The van der Waals surface area contributed by atoms with Crippen LogP contribution < -0.4 is 4.90 Å². The minimum Gasteiger partial charge on any atom is -0.466 e. The lowest BCUT2D eigenvalue weighted by Gasteiger charge is -2.40. The molecule has 7 nitrogen and oxygen atoms in total. The summed E-state index contributed by atoms with van der Waals surface area (Å²) in [5, 5.41) is 9.75. The first kappa shape index (κ1) is 24.8. The van der Waals surface area contributed by atoms with Gasteiger partial charge in [0.2, 0.25) is 5.91 Å². The van der Waals surface area contributed by atoms with Crippen molar-refractivity contribution >= 4 is 35.2 Å². The fourth-order valence-corrected chi connectivity index (χ4v) is 8.65. The maximum absolute atomic E-state index is 14.4. The molecule has 3 aliphatic heterocycles. The Kier molecular flexibility index (Phi) is 6.84. The molecule has 3 unspecified atom stereocenters. The zero-order valence-electron chi connectivity index (χ0n) is 20.3. The third-order valence-electron chi connectivity index (χ3n) is 7.61. The minimum atomic E-state index is -0.776. The summed E-state index contributed by atoms with van der Waals surface area (Å²) in [6, 6.07) is 5.18. The molecule has 8 heteroatoms. The number of benzene rings is 1. The maximum atomic E-state index is 14.4. The van der Waals surface area contributed by atoms with Gasteiger partial charge in [-0.05, 0) is 50.3 Å². The van der Waals surface area contributed by atoms with E-state index in [1.54, 1.807) is 29.7 Å². The zero-order valence-corrected chi connectivity index (χ0v) is 21.1. The Labute approximate surface area is 205 Å². The number of aliphatic hydroxyl groups excluding tert-OH is 1. The van der Waals surface area contributed by atoms with Crippen molar-refractivity contribution in [3.05, 3.63) is 42.0 Å². The summed E-state index contributed by atoms with van der Waals surface area (Å²) in [5.41, 5.74) is 2.77. The fourth-order valence-electron chi connectivity index (χ4n) is 6.25. The van der Waals surface area contributed by atoms with Crippen molar-refractivity contribution < 1.29 is 24.2 Å². The van der Waals surface area contributed by atoms with E-state index in [9.17, 15) is 19.5 Å². The molecule has 2 bridgehead atoms. The van der Waals surface area contributed by atoms with E-state index in [-0.39, 0.29) is 48.7 Å². The van der Waals surface area contributed by atoms with Gasteiger partial charge in [-0.25, -0.2) is 0 Å². The topological polar surface area (TPSA) is 87.2 Å². The SMILES string of the molecule is C=CCN(C(=O)C1N(CCO)C(=O)[C@@H]2[C@H](C(=O)OCC)[C@@H]3CC(C)C12S3)c1cc(C)ccc1C. The molecule has 0 aromatic heterocycles. The third-order valence-corrected chi connectivity index (χ3v) is 9.69. The summed E-state index contributed by atoms with van der Waals surface area (Å²) >= 11 is 1.61. The number of nitrogens with zero attached hydrogens (tertiary/aromatic N) is 2. The molecule has 0 radical (unpaired) electrons. The Morgan fingerprint density at radius 2 is 2.12 bits per heavy atom. The van der Waals surface area contributed by atoms with Crippen molar-refractivity contribution in [3.63, 3.8) is 0 Å². The van der Waals surface area contributed by atoms with Crippen LogP contribution in [0.15, 0.2) is 30.9 Å². The maximum Gasteiger partial charge on any atom is 0.310 e. The number of β-amino-alcohol motifs (C(OH)–C–C–N with tert-alkyl or cyclic N) is 1. The minimum absolute atomic E-state index is 0.0513. The van der Waals surface area contributed by atoms with Crippen LogP contribution in [-0.4, -0.2) is 70.1 Å². The number of ether oxygens (including phenoxy) is 1. The highest BCUT2D eigenvalue weighted by Gasteiger charge is 2.76. The first-order valence-corrected chi connectivity index (χ1v) is 12.9. The first-order valence-electron chi connectivity index (χ1n) is 12.0. The number of amides is 2. The number of fused-ring (bicyclic) bond motifs is 1. The smallest absolute Gasteiger partial charge is 0.310 e. The van der Waals surface area contributed by atoms with Crippen LogP contribution in [0.2, 0.25) is 0 Å². The zero-order chi connectivity index (χ0) is 24.8. The van der Waals surface area contributed by atoms with Crippen LogP contribution in [0.25, 0.3) is 0 Å². The number of rotatable bonds is 8. The molecule has 3 fully saturated rings. The number of likely N-dealkylation sites (tertiary alicyclic amines) is 1. The highest BCUT2D eigenvalue weighted by atomic mass is 32.2. The summed E-state index contributed by atoms with van der Waals surface area (Å²) < 4.78 is 4.63. The van der Waals surface area contributed by atoms with Gasteiger partial charge in [-0.15, -0.1) is 18.3 Å². The highest BCUT2D eigenvalue weighted by molar-refractivity contribution is 8.02. The van der Waals surface area contributed by atoms with Crippen molar-refractivity contribution in [2.24, 2.45) is 17.8 Å². The number of anilines is 1. The second kappa shape index (κ2) is 9.38. The van der Waals surface area contributed by atoms with Gasteiger partial charge in [0.1, 0.15) is 6.04 Å². The molecule has 1 N–H and O–H groups in total. The molecule has 3 saturated heterocycles. The number of hydrogen-bond acceptors (Lipinski definition) is 6. The summed E-state index contributed by atoms with van der Waals surface area (Å²) in [7, 11) is 0. The van der Waals surface area contributed by atoms with Crippen LogP contribution in [0, 0.1) is 31.6 Å². The quantitative estimate of drug-likeness (QED) is 0.449. The Balaban J connectivity index is 1.82. The second-order valence-corrected chi connectivity index (χ2v) is 11.1. The molecule has 0 aliphatic carbocycles. The number of esters is 1. The molecule has 6 atom stereocenters. The molecular weight excluding hydrogens is 452 g/mol. The lowest BCUT2D eigenvalue weighted by atomic mass is 9.66. The molecule has 3 aliphatic rings. The summed E-state index contributed by atoms with van der Waals surface area (Å²) in [4.78, 5) is 44.3. The van der Waals surface area contributed by atoms with Crippen LogP contribution in [0.3, 0.4) is 0 Å². The Bertz CT molecular complexity index is 1010. The summed E-state index contributed by atoms with van der Waals surface area (Å²) in [6.07, 6.45) is 2.44. The monoisotopic (exact) mass is 486 g/mol. The fraction of sp³-hybridized carbons (Fsp3) is 0.577. The largest absolute Gasteiger partial charge is 0.466 e. The Morgan fingerprint density at radius 1 is 1.38 bits per heavy atom. The van der Waals surface area contributed by atoms with Gasteiger partial charge < -0.3 is 19.6 Å². The van der Waals surface area contributed by atoms with Gasteiger partial charge in [0, 0.05) is 24.0 Å². The standard InChI is InChI=1S/C26H34N2O5S/c1-6-10-27(18-13-15(3)8-9-16(18)4)24(31)22-26-17(5)14-19(34-26)20(25(32)33-7-2)21(26)23(30)28(22)11-12-29/h6,8-9,13,17,19-22,29H,1,7,10-12,14H2,2-5H3/t17?,19-,20+,21-,22?,26?/m0/s1. The summed E-state index contributed by atoms with van der Waals surface area (Å²) in [5.74, 6) is -1.92. The molecule has 1 aromatic rings. The van der Waals surface area contributed by atoms with Crippen molar-refractivity contribution in [1.29, 1.82) is 0 Å². The predicted octanol–water partition coefficient (Wildman–Crippen LogP) is 2.72. The van der Waals surface area contributed by atoms with Gasteiger partial charge in [-0.3, -0.25) is 14.4 Å². The van der Waals surface area contributed by atoms with Gasteiger partial charge in [-0.2, -0.15) is 0 Å². The molecule has 1 spiro atoms. The second-order valence-electron chi connectivity index (χ2n) is 9.59. The van der Waals surface area contributed by atoms with Gasteiger partial charge >= 0.3 is 5.97 Å². The lowest BCUT2D eigenvalue weighted by Crippen LogP contribution is -2.57. The number of aryl methyl sites for hydroxylation is 2. The Hall–Kier alpha value is -2.32. The predicted molar refractivity (Wildman–Crippen MR) is 133 cm³/mol. The van der Waals surface area contributed by atoms with Crippen molar-refractivity contribution in [2.45, 2.75) is 50.2 Å². The van der Waals surface area contributed by atoms with Crippen molar-refractivity contribution in [1.82, 2.24) is 4.90 Å².